The normalized spacial score (nSPS) is 18.2. The molecule has 2 amide bonds. The molecule has 1 aliphatic heterocycles. The van der Waals surface area contributed by atoms with Gasteiger partial charge in [-0.25, -0.2) is 0 Å². The van der Waals surface area contributed by atoms with E-state index in [1.54, 1.807) is 6.92 Å². The summed E-state index contributed by atoms with van der Waals surface area (Å²) >= 11 is 0. The quantitative estimate of drug-likeness (QED) is 0.454. The van der Waals surface area contributed by atoms with Crippen LogP contribution < -0.4 is 10.1 Å². The van der Waals surface area contributed by atoms with E-state index in [0.717, 1.165) is 55.3 Å². The lowest BCUT2D eigenvalue weighted by molar-refractivity contribution is -0.137. The van der Waals surface area contributed by atoms with Crippen molar-refractivity contribution in [2.24, 2.45) is 5.92 Å². The second kappa shape index (κ2) is 11.2. The van der Waals surface area contributed by atoms with Crippen molar-refractivity contribution >= 4 is 11.8 Å². The number of nitrogens with zero attached hydrogens (tertiary/aromatic N) is 1. The smallest absolute Gasteiger partial charge is 0.261 e. The van der Waals surface area contributed by atoms with Crippen LogP contribution in [0.15, 0.2) is 72.8 Å². The van der Waals surface area contributed by atoms with Crippen LogP contribution in [-0.2, 0) is 22.6 Å². The Balaban J connectivity index is 1.35. The summed E-state index contributed by atoms with van der Waals surface area (Å²) in [6.07, 6.45) is 4.43. The van der Waals surface area contributed by atoms with Crippen molar-refractivity contribution in [1.29, 1.82) is 0 Å². The summed E-state index contributed by atoms with van der Waals surface area (Å²) in [5.41, 5.74) is 5.66. The van der Waals surface area contributed by atoms with Gasteiger partial charge in [-0.15, -0.1) is 0 Å². The molecule has 3 aromatic carbocycles. The Bertz CT molecular complexity index is 1250. The van der Waals surface area contributed by atoms with E-state index in [0.29, 0.717) is 12.3 Å². The van der Waals surface area contributed by atoms with Gasteiger partial charge in [0, 0.05) is 19.0 Å². The molecular weight excluding hydrogens is 460 g/mol. The third-order valence-corrected chi connectivity index (χ3v) is 7.68. The van der Waals surface area contributed by atoms with Crippen LogP contribution in [0.1, 0.15) is 66.5 Å². The zero-order valence-corrected chi connectivity index (χ0v) is 21.8. The molecule has 192 valence electrons. The van der Waals surface area contributed by atoms with Crippen molar-refractivity contribution in [3.05, 3.63) is 101 Å². The fourth-order valence-corrected chi connectivity index (χ4v) is 5.72. The monoisotopic (exact) mass is 496 g/mol. The Labute approximate surface area is 219 Å². The number of carbonyl (C=O) groups excluding carboxylic acids is 2. The number of benzene rings is 3. The summed E-state index contributed by atoms with van der Waals surface area (Å²) in [7, 11) is 0. The molecule has 2 aliphatic rings. The van der Waals surface area contributed by atoms with Gasteiger partial charge in [0.1, 0.15) is 5.75 Å². The highest BCUT2D eigenvalue weighted by Gasteiger charge is 2.36. The molecule has 37 heavy (non-hydrogen) atoms. The molecule has 3 aromatic rings. The standard InChI is InChI=1S/C32H36N2O3/c1-22-9-8-10-24(19-22)21-33-31(35)23(2)37-28-16-15-25-17-18-34(32(36)27-13-6-7-14-27)30(29(25)20-28)26-11-4-3-5-12-26/h3-5,8-12,15-16,19-20,23,27,30H,6-7,13-14,17-18,21H2,1-2H3,(H,33,35). The van der Waals surface area contributed by atoms with E-state index >= 15 is 0 Å². The minimum atomic E-state index is -0.641. The molecule has 0 saturated heterocycles. The third kappa shape index (κ3) is 5.71. The van der Waals surface area contributed by atoms with E-state index in [1.165, 1.54) is 11.1 Å². The Morgan fingerprint density at radius 1 is 1.00 bits per heavy atom. The summed E-state index contributed by atoms with van der Waals surface area (Å²) in [6, 6.07) is 24.3. The minimum absolute atomic E-state index is 0.129. The number of aryl methyl sites for hydroxylation is 1. The second-order valence-electron chi connectivity index (χ2n) is 10.4. The summed E-state index contributed by atoms with van der Waals surface area (Å²) < 4.78 is 6.12. The number of rotatable bonds is 7. The summed E-state index contributed by atoms with van der Waals surface area (Å²) in [5.74, 6) is 0.890. The van der Waals surface area contributed by atoms with Crippen LogP contribution in [0.25, 0.3) is 0 Å². The number of amides is 2. The lowest BCUT2D eigenvalue weighted by Gasteiger charge is -2.39. The van der Waals surface area contributed by atoms with E-state index < -0.39 is 6.10 Å². The molecule has 2 unspecified atom stereocenters. The highest BCUT2D eigenvalue weighted by molar-refractivity contribution is 5.81. The lowest BCUT2D eigenvalue weighted by Crippen LogP contribution is -2.43. The summed E-state index contributed by atoms with van der Waals surface area (Å²) in [6.45, 7) is 5.00. The van der Waals surface area contributed by atoms with Gasteiger partial charge in [-0.1, -0.05) is 79.1 Å². The fourth-order valence-electron chi connectivity index (χ4n) is 5.72. The van der Waals surface area contributed by atoms with E-state index in [2.05, 4.69) is 34.5 Å². The number of nitrogens with one attached hydrogen (secondary N) is 1. The molecule has 1 fully saturated rings. The molecule has 0 aromatic heterocycles. The average molecular weight is 497 g/mol. The Kier molecular flexibility index (Phi) is 7.59. The van der Waals surface area contributed by atoms with E-state index in [4.69, 9.17) is 4.74 Å². The van der Waals surface area contributed by atoms with Gasteiger partial charge in [0.05, 0.1) is 6.04 Å². The molecule has 0 spiro atoms. The van der Waals surface area contributed by atoms with Gasteiger partial charge in [0.2, 0.25) is 5.91 Å². The fraction of sp³-hybridized carbons (Fsp3) is 0.375. The number of hydrogen-bond donors (Lipinski definition) is 1. The number of hydrogen-bond acceptors (Lipinski definition) is 3. The van der Waals surface area contributed by atoms with Gasteiger partial charge in [-0.05, 0) is 67.5 Å². The molecule has 5 nitrogen and oxygen atoms in total. The van der Waals surface area contributed by atoms with E-state index in [1.807, 2.05) is 55.5 Å². The average Bonchev–Trinajstić information content (AvgIpc) is 3.46. The molecule has 1 heterocycles. The van der Waals surface area contributed by atoms with Gasteiger partial charge in [0.25, 0.3) is 5.91 Å². The maximum atomic E-state index is 13.6. The van der Waals surface area contributed by atoms with Gasteiger partial charge >= 0.3 is 0 Å². The molecule has 1 N–H and O–H groups in total. The number of ether oxygens (including phenoxy) is 1. The molecule has 0 radical (unpaired) electrons. The van der Waals surface area contributed by atoms with Crippen molar-refractivity contribution in [1.82, 2.24) is 10.2 Å². The maximum absolute atomic E-state index is 13.6. The first-order chi connectivity index (χ1) is 18.0. The lowest BCUT2D eigenvalue weighted by atomic mass is 9.87. The van der Waals surface area contributed by atoms with Crippen LogP contribution in [0.4, 0.5) is 0 Å². The Hall–Kier alpha value is -3.60. The number of fused-ring (bicyclic) bond motifs is 1. The maximum Gasteiger partial charge on any atom is 0.261 e. The third-order valence-electron chi connectivity index (χ3n) is 7.68. The molecular formula is C32H36N2O3. The highest BCUT2D eigenvalue weighted by atomic mass is 16.5. The van der Waals surface area contributed by atoms with E-state index in [9.17, 15) is 9.59 Å². The van der Waals surface area contributed by atoms with Gasteiger partial charge < -0.3 is 15.0 Å². The first-order valence-electron chi connectivity index (χ1n) is 13.5. The predicted molar refractivity (Wildman–Crippen MR) is 145 cm³/mol. The predicted octanol–water partition coefficient (Wildman–Crippen LogP) is 5.74. The van der Waals surface area contributed by atoms with Crippen LogP contribution >= 0.6 is 0 Å². The van der Waals surface area contributed by atoms with Gasteiger partial charge in [-0.3, -0.25) is 9.59 Å². The SMILES string of the molecule is Cc1cccc(CNC(=O)C(C)Oc2ccc3c(c2)C(c2ccccc2)N(C(=O)C2CCCC2)CC3)c1. The summed E-state index contributed by atoms with van der Waals surface area (Å²) in [4.78, 5) is 28.5. The zero-order chi connectivity index (χ0) is 25.8. The highest BCUT2D eigenvalue weighted by Crippen LogP contribution is 2.39. The molecule has 5 rings (SSSR count). The van der Waals surface area contributed by atoms with Crippen LogP contribution in [0.5, 0.6) is 5.75 Å². The van der Waals surface area contributed by atoms with Crippen molar-refractivity contribution < 1.29 is 14.3 Å². The molecule has 1 saturated carbocycles. The van der Waals surface area contributed by atoms with Gasteiger partial charge in [-0.2, -0.15) is 0 Å². The Morgan fingerprint density at radius 3 is 2.54 bits per heavy atom. The minimum Gasteiger partial charge on any atom is -0.481 e. The number of carbonyl (C=O) groups is 2. The largest absolute Gasteiger partial charge is 0.481 e. The molecule has 1 aliphatic carbocycles. The topological polar surface area (TPSA) is 58.6 Å². The van der Waals surface area contributed by atoms with Crippen molar-refractivity contribution in [3.8, 4) is 5.75 Å². The molecule has 2 atom stereocenters. The Morgan fingerprint density at radius 2 is 1.78 bits per heavy atom. The first kappa shape index (κ1) is 25.1. The van der Waals surface area contributed by atoms with E-state index in [-0.39, 0.29) is 23.8 Å². The van der Waals surface area contributed by atoms with Crippen molar-refractivity contribution in [2.75, 3.05) is 6.54 Å². The molecule has 0 bridgehead atoms. The van der Waals surface area contributed by atoms with Crippen LogP contribution in [0.3, 0.4) is 0 Å². The van der Waals surface area contributed by atoms with Crippen molar-refractivity contribution in [2.45, 2.75) is 64.6 Å². The summed E-state index contributed by atoms with van der Waals surface area (Å²) in [5, 5.41) is 2.98. The van der Waals surface area contributed by atoms with Crippen molar-refractivity contribution in [3.63, 3.8) is 0 Å². The van der Waals surface area contributed by atoms with Crippen LogP contribution in [0, 0.1) is 12.8 Å². The zero-order valence-electron chi connectivity index (χ0n) is 21.8. The molecule has 5 heteroatoms. The van der Waals surface area contributed by atoms with Crippen LogP contribution in [-0.4, -0.2) is 29.4 Å². The first-order valence-corrected chi connectivity index (χ1v) is 13.5. The second-order valence-corrected chi connectivity index (χ2v) is 10.4. The van der Waals surface area contributed by atoms with Crippen LogP contribution in [0.2, 0.25) is 0 Å². The van der Waals surface area contributed by atoms with Gasteiger partial charge in [0.15, 0.2) is 6.10 Å².